The monoisotopic (exact) mass is 311 g/mol. The van der Waals surface area contributed by atoms with Gasteiger partial charge in [0.1, 0.15) is 5.82 Å². The van der Waals surface area contributed by atoms with Crippen molar-refractivity contribution < 1.29 is 18.7 Å². The Morgan fingerprint density at radius 1 is 1.09 bits per heavy atom. The molecule has 0 aliphatic carbocycles. The van der Waals surface area contributed by atoms with Crippen LogP contribution in [-0.4, -0.2) is 23.6 Å². The number of halogens is 1. The number of hydrogen-bond donors (Lipinski definition) is 0. The number of rotatable bonds is 2. The summed E-state index contributed by atoms with van der Waals surface area (Å²) >= 11 is 0. The zero-order chi connectivity index (χ0) is 16.6. The fourth-order valence-corrected chi connectivity index (χ4v) is 2.74. The van der Waals surface area contributed by atoms with E-state index in [2.05, 4.69) is 0 Å². The van der Waals surface area contributed by atoms with Gasteiger partial charge in [0.15, 0.2) is 0 Å². The highest BCUT2D eigenvalue weighted by Crippen LogP contribution is 2.27. The molecule has 1 aromatic heterocycles. The van der Waals surface area contributed by atoms with E-state index in [0.717, 1.165) is 0 Å². The Hall–Kier alpha value is -2.95. The standard InChI is InChI=1S/C18H14FNO3/c1-11-16(18(22)23-2)14-8-3-4-9-15(14)20(11)17(21)12-6-5-7-13(19)10-12/h3-10H,1-2H3. The van der Waals surface area contributed by atoms with E-state index in [1.807, 2.05) is 0 Å². The topological polar surface area (TPSA) is 48.3 Å². The van der Waals surface area contributed by atoms with E-state index in [4.69, 9.17) is 4.74 Å². The van der Waals surface area contributed by atoms with Crippen molar-refractivity contribution >= 4 is 22.8 Å². The lowest BCUT2D eigenvalue weighted by molar-refractivity contribution is 0.0602. The van der Waals surface area contributed by atoms with E-state index >= 15 is 0 Å². The molecule has 116 valence electrons. The van der Waals surface area contributed by atoms with Crippen LogP contribution in [0.5, 0.6) is 0 Å². The lowest BCUT2D eigenvalue weighted by Gasteiger charge is -2.07. The minimum absolute atomic E-state index is 0.213. The molecule has 0 fully saturated rings. The first kappa shape index (κ1) is 15.0. The molecule has 3 aromatic rings. The summed E-state index contributed by atoms with van der Waals surface area (Å²) in [6.07, 6.45) is 0. The Morgan fingerprint density at radius 2 is 1.83 bits per heavy atom. The van der Waals surface area contributed by atoms with Crippen LogP contribution in [0.15, 0.2) is 48.5 Å². The van der Waals surface area contributed by atoms with Crippen LogP contribution in [0.3, 0.4) is 0 Å². The van der Waals surface area contributed by atoms with Crippen molar-refractivity contribution in [1.29, 1.82) is 0 Å². The van der Waals surface area contributed by atoms with E-state index in [9.17, 15) is 14.0 Å². The van der Waals surface area contributed by atoms with Gasteiger partial charge in [-0.3, -0.25) is 9.36 Å². The first-order valence-electron chi connectivity index (χ1n) is 7.03. The first-order chi connectivity index (χ1) is 11.0. The molecule has 0 saturated heterocycles. The minimum atomic E-state index is -0.510. The maximum atomic E-state index is 13.4. The van der Waals surface area contributed by atoms with Crippen LogP contribution < -0.4 is 0 Å². The number of hydrogen-bond acceptors (Lipinski definition) is 3. The molecule has 5 heteroatoms. The van der Waals surface area contributed by atoms with Gasteiger partial charge in [-0.05, 0) is 31.2 Å². The number of para-hydroxylation sites is 1. The summed E-state index contributed by atoms with van der Waals surface area (Å²) < 4.78 is 19.6. The zero-order valence-corrected chi connectivity index (χ0v) is 12.7. The molecule has 3 rings (SSSR count). The summed E-state index contributed by atoms with van der Waals surface area (Å²) in [6.45, 7) is 1.67. The van der Waals surface area contributed by atoms with Crippen LogP contribution in [0.2, 0.25) is 0 Å². The van der Waals surface area contributed by atoms with E-state index < -0.39 is 17.7 Å². The Kier molecular flexibility index (Phi) is 3.70. The highest BCUT2D eigenvalue weighted by atomic mass is 19.1. The smallest absolute Gasteiger partial charge is 0.340 e. The molecule has 0 amide bonds. The molecular formula is C18H14FNO3. The molecule has 0 aliphatic heterocycles. The number of fused-ring (bicyclic) bond motifs is 1. The van der Waals surface area contributed by atoms with Crippen molar-refractivity contribution in [2.45, 2.75) is 6.92 Å². The summed E-state index contributed by atoms with van der Waals surface area (Å²) in [6, 6.07) is 12.5. The van der Waals surface area contributed by atoms with Crippen LogP contribution in [0.25, 0.3) is 10.9 Å². The number of methoxy groups -OCH3 is 1. The number of carbonyl (C=O) groups is 2. The second-order valence-electron chi connectivity index (χ2n) is 5.12. The number of aromatic nitrogens is 1. The van der Waals surface area contributed by atoms with E-state index in [1.54, 1.807) is 31.2 Å². The Morgan fingerprint density at radius 3 is 2.52 bits per heavy atom. The van der Waals surface area contributed by atoms with Gasteiger partial charge >= 0.3 is 5.97 Å². The Balaban J connectivity index is 2.28. The molecule has 0 N–H and O–H groups in total. The molecule has 23 heavy (non-hydrogen) atoms. The van der Waals surface area contributed by atoms with Gasteiger partial charge in [-0.1, -0.05) is 24.3 Å². The van der Waals surface area contributed by atoms with E-state index in [0.29, 0.717) is 22.2 Å². The van der Waals surface area contributed by atoms with Gasteiger partial charge in [0, 0.05) is 16.6 Å². The molecule has 0 unspecified atom stereocenters. The number of ether oxygens (including phenoxy) is 1. The number of carbonyl (C=O) groups excluding carboxylic acids is 2. The maximum Gasteiger partial charge on any atom is 0.340 e. The molecular weight excluding hydrogens is 297 g/mol. The summed E-state index contributed by atoms with van der Waals surface area (Å²) in [5.74, 6) is -1.39. The molecule has 0 spiro atoms. The molecule has 0 radical (unpaired) electrons. The number of benzene rings is 2. The second-order valence-corrected chi connectivity index (χ2v) is 5.12. The zero-order valence-electron chi connectivity index (χ0n) is 12.7. The van der Waals surface area contributed by atoms with Crippen LogP contribution in [0.4, 0.5) is 4.39 Å². The van der Waals surface area contributed by atoms with Crippen LogP contribution in [0, 0.1) is 12.7 Å². The van der Waals surface area contributed by atoms with Gasteiger partial charge in [0.05, 0.1) is 18.2 Å². The molecule has 1 heterocycles. The van der Waals surface area contributed by atoms with Gasteiger partial charge in [-0.2, -0.15) is 0 Å². The first-order valence-corrected chi connectivity index (χ1v) is 7.03. The summed E-state index contributed by atoms with van der Waals surface area (Å²) in [5, 5.41) is 0.626. The Labute approximate surface area is 132 Å². The lowest BCUT2D eigenvalue weighted by atomic mass is 10.1. The minimum Gasteiger partial charge on any atom is -0.465 e. The summed E-state index contributed by atoms with van der Waals surface area (Å²) in [4.78, 5) is 24.9. The lowest BCUT2D eigenvalue weighted by Crippen LogP contribution is -2.14. The van der Waals surface area contributed by atoms with Crippen molar-refractivity contribution in [2.24, 2.45) is 0 Å². The van der Waals surface area contributed by atoms with Gasteiger partial charge in [0.25, 0.3) is 5.91 Å². The third-order valence-electron chi connectivity index (χ3n) is 3.78. The van der Waals surface area contributed by atoms with Crippen LogP contribution in [0.1, 0.15) is 26.4 Å². The molecule has 2 aromatic carbocycles. The molecule has 4 nitrogen and oxygen atoms in total. The number of esters is 1. The van der Waals surface area contributed by atoms with Gasteiger partial charge in [0.2, 0.25) is 0 Å². The highest BCUT2D eigenvalue weighted by Gasteiger charge is 2.24. The average molecular weight is 311 g/mol. The van der Waals surface area contributed by atoms with Crippen molar-refractivity contribution in [2.75, 3.05) is 7.11 Å². The summed E-state index contributed by atoms with van der Waals surface area (Å²) in [7, 11) is 1.29. The molecule has 0 saturated carbocycles. The van der Waals surface area contributed by atoms with Crippen molar-refractivity contribution in [3.8, 4) is 0 Å². The maximum absolute atomic E-state index is 13.4. The van der Waals surface area contributed by atoms with Crippen LogP contribution in [-0.2, 0) is 4.74 Å². The highest BCUT2D eigenvalue weighted by molar-refractivity contribution is 6.11. The van der Waals surface area contributed by atoms with E-state index in [-0.39, 0.29) is 5.56 Å². The van der Waals surface area contributed by atoms with Crippen LogP contribution >= 0.6 is 0 Å². The van der Waals surface area contributed by atoms with Gasteiger partial charge < -0.3 is 4.74 Å². The van der Waals surface area contributed by atoms with Crippen molar-refractivity contribution in [1.82, 2.24) is 4.57 Å². The SMILES string of the molecule is COC(=O)c1c(C)n(C(=O)c2cccc(F)c2)c2ccccc12. The fourth-order valence-electron chi connectivity index (χ4n) is 2.74. The second kappa shape index (κ2) is 5.68. The van der Waals surface area contributed by atoms with E-state index in [1.165, 1.54) is 35.9 Å². The Bertz CT molecular complexity index is 927. The summed E-state index contributed by atoms with van der Waals surface area (Å²) in [5.41, 5.74) is 1.60. The average Bonchev–Trinajstić information content (AvgIpc) is 2.85. The third kappa shape index (κ3) is 2.40. The molecule has 0 bridgehead atoms. The molecule has 0 atom stereocenters. The van der Waals surface area contributed by atoms with Crippen molar-refractivity contribution in [3.63, 3.8) is 0 Å². The molecule has 0 aliphatic rings. The third-order valence-corrected chi connectivity index (χ3v) is 3.78. The predicted molar refractivity (Wildman–Crippen MR) is 84.1 cm³/mol. The quantitative estimate of drug-likeness (QED) is 0.680. The van der Waals surface area contributed by atoms with Gasteiger partial charge in [-0.25, -0.2) is 9.18 Å². The van der Waals surface area contributed by atoms with Gasteiger partial charge in [-0.15, -0.1) is 0 Å². The largest absolute Gasteiger partial charge is 0.465 e. The predicted octanol–water partition coefficient (Wildman–Crippen LogP) is 3.56. The van der Waals surface area contributed by atoms with Crippen molar-refractivity contribution in [3.05, 3.63) is 71.2 Å². The fraction of sp³-hybridized carbons (Fsp3) is 0.111. The normalized spacial score (nSPS) is 10.7. The number of nitrogens with zero attached hydrogens (tertiary/aromatic N) is 1.